The molecule has 0 aliphatic rings. The second-order valence-electron chi connectivity index (χ2n) is 12.1. The largest absolute Gasteiger partial charge is 0.457 e. The van der Waals surface area contributed by atoms with Gasteiger partial charge in [-0.1, -0.05) is 121 Å². The molecule has 0 unspecified atom stereocenters. The molecule has 0 aliphatic heterocycles. The third kappa shape index (κ3) is 8.06. The molecule has 0 saturated carbocycles. The average molecular weight is 691 g/mol. The summed E-state index contributed by atoms with van der Waals surface area (Å²) in [6.07, 6.45) is 0. The molecule has 0 fully saturated rings. The minimum absolute atomic E-state index is 0.511. The lowest BCUT2D eigenvalue weighted by molar-refractivity contribution is 0.395. The molecule has 0 bridgehead atoms. The van der Waals surface area contributed by atoms with Gasteiger partial charge in [-0.25, -0.2) is 0 Å². The van der Waals surface area contributed by atoms with Gasteiger partial charge in [0.15, 0.2) is 23.0 Å². The van der Waals surface area contributed by atoms with E-state index in [9.17, 15) is 0 Å². The Morgan fingerprint density at radius 2 is 0.547 bits per heavy atom. The molecule has 0 aliphatic carbocycles. The fraction of sp³-hybridized carbons (Fsp3) is 0. The van der Waals surface area contributed by atoms with Crippen molar-refractivity contribution < 1.29 is 23.7 Å². The van der Waals surface area contributed by atoms with E-state index in [-0.39, 0.29) is 0 Å². The quantitative estimate of drug-likeness (QED) is 0.128. The molecule has 0 radical (unpaired) electrons. The van der Waals surface area contributed by atoms with Crippen LogP contribution in [-0.2, 0) is 0 Å². The van der Waals surface area contributed by atoms with Crippen molar-refractivity contribution >= 4 is 0 Å². The summed E-state index contributed by atoms with van der Waals surface area (Å²) in [6.45, 7) is 0. The molecule has 0 atom stereocenters. The summed E-state index contributed by atoms with van der Waals surface area (Å²) < 4.78 is 32.5. The van der Waals surface area contributed by atoms with E-state index in [0.29, 0.717) is 46.0 Å². The van der Waals surface area contributed by atoms with Crippen LogP contribution < -0.4 is 23.7 Å². The van der Waals surface area contributed by atoms with Crippen molar-refractivity contribution in [2.24, 2.45) is 0 Å². The van der Waals surface area contributed by atoms with Gasteiger partial charge in [0.1, 0.15) is 34.5 Å². The Hall–Kier alpha value is -7.24. The molecule has 0 amide bonds. The lowest BCUT2D eigenvalue weighted by Crippen LogP contribution is -1.97. The van der Waals surface area contributed by atoms with Gasteiger partial charge in [0.25, 0.3) is 0 Å². The van der Waals surface area contributed by atoms with Gasteiger partial charge in [-0.05, 0) is 96.1 Å². The van der Waals surface area contributed by atoms with Gasteiger partial charge in [-0.15, -0.1) is 0 Å². The molecule has 0 aromatic heterocycles. The number of rotatable bonds is 12. The maximum Gasteiger partial charge on any atom is 0.177 e. The second kappa shape index (κ2) is 15.8. The van der Waals surface area contributed by atoms with Crippen LogP contribution in [0.4, 0.5) is 0 Å². The van der Waals surface area contributed by atoms with Gasteiger partial charge in [-0.2, -0.15) is 0 Å². The zero-order valence-electron chi connectivity index (χ0n) is 28.7. The predicted octanol–water partition coefficient (Wildman–Crippen LogP) is 14.0. The van der Waals surface area contributed by atoms with Crippen molar-refractivity contribution in [1.82, 2.24) is 0 Å². The zero-order chi connectivity index (χ0) is 35.7. The van der Waals surface area contributed by atoms with Gasteiger partial charge >= 0.3 is 0 Å². The minimum Gasteiger partial charge on any atom is -0.457 e. The highest BCUT2D eigenvalue weighted by molar-refractivity contribution is 5.78. The number of hydrogen-bond acceptors (Lipinski definition) is 5. The standard InChI is InChI=1S/C48H34O5/c1-5-19-37(20-6-1)49-41-27-13-17-35(33-41)43-29-15-31-45(47(43)51-39-23-9-3-10-24-39)53-46-32-16-30-44(48(46)52-40-25-11-4-12-26-40)36-18-14-28-42(34-36)50-38-21-7-2-8-22-38/h1-34H. The Balaban J connectivity index is 1.21. The Morgan fingerprint density at radius 1 is 0.226 bits per heavy atom. The van der Waals surface area contributed by atoms with Crippen molar-refractivity contribution in [3.05, 3.63) is 206 Å². The minimum atomic E-state index is 0.511. The van der Waals surface area contributed by atoms with E-state index < -0.39 is 0 Å². The molecule has 256 valence electrons. The smallest absolute Gasteiger partial charge is 0.177 e. The van der Waals surface area contributed by atoms with Gasteiger partial charge < -0.3 is 23.7 Å². The predicted molar refractivity (Wildman–Crippen MR) is 210 cm³/mol. The first-order valence-electron chi connectivity index (χ1n) is 17.3. The van der Waals surface area contributed by atoms with Crippen molar-refractivity contribution in [1.29, 1.82) is 0 Å². The normalized spacial score (nSPS) is 10.6. The first-order valence-corrected chi connectivity index (χ1v) is 17.3. The van der Waals surface area contributed by atoms with Gasteiger partial charge in [0, 0.05) is 11.1 Å². The molecule has 8 rings (SSSR count). The average Bonchev–Trinajstić information content (AvgIpc) is 3.21. The maximum atomic E-state index is 6.85. The van der Waals surface area contributed by atoms with Crippen molar-refractivity contribution in [3.8, 4) is 79.7 Å². The zero-order valence-corrected chi connectivity index (χ0v) is 28.7. The molecule has 53 heavy (non-hydrogen) atoms. The molecular weight excluding hydrogens is 657 g/mol. The lowest BCUT2D eigenvalue weighted by atomic mass is 10.0. The highest BCUT2D eigenvalue weighted by Gasteiger charge is 2.20. The van der Waals surface area contributed by atoms with E-state index in [1.807, 2.05) is 206 Å². The van der Waals surface area contributed by atoms with Crippen LogP contribution in [0.25, 0.3) is 22.3 Å². The van der Waals surface area contributed by atoms with Crippen LogP contribution in [0.2, 0.25) is 0 Å². The second-order valence-corrected chi connectivity index (χ2v) is 12.1. The summed E-state index contributed by atoms with van der Waals surface area (Å²) in [4.78, 5) is 0. The van der Waals surface area contributed by atoms with Crippen LogP contribution >= 0.6 is 0 Å². The fourth-order valence-electron chi connectivity index (χ4n) is 5.89. The third-order valence-corrected chi connectivity index (χ3v) is 8.35. The molecular formula is C48H34O5. The Morgan fingerprint density at radius 3 is 0.925 bits per heavy atom. The first-order chi connectivity index (χ1) is 26.2. The SMILES string of the molecule is c1ccc(Oc2cccc(-c3cccc(Oc4cccc(-c5cccc(Oc6ccccc6)c5)c4Oc4ccccc4)c3Oc3ccccc3)c2)cc1. The first kappa shape index (κ1) is 32.9. The molecule has 0 heterocycles. The summed E-state index contributed by atoms with van der Waals surface area (Å²) in [5, 5.41) is 0. The Kier molecular flexibility index (Phi) is 9.79. The highest BCUT2D eigenvalue weighted by Crippen LogP contribution is 2.48. The highest BCUT2D eigenvalue weighted by atomic mass is 16.5. The number of hydrogen-bond donors (Lipinski definition) is 0. The van der Waals surface area contributed by atoms with Crippen LogP contribution in [0.1, 0.15) is 0 Å². The van der Waals surface area contributed by atoms with E-state index in [4.69, 9.17) is 23.7 Å². The van der Waals surface area contributed by atoms with E-state index in [0.717, 1.165) is 33.8 Å². The van der Waals surface area contributed by atoms with Crippen LogP contribution in [0.15, 0.2) is 206 Å². The van der Waals surface area contributed by atoms with Crippen molar-refractivity contribution in [2.75, 3.05) is 0 Å². The molecule has 8 aromatic carbocycles. The summed E-state index contributed by atoms with van der Waals surface area (Å²) >= 11 is 0. The van der Waals surface area contributed by atoms with E-state index in [1.54, 1.807) is 0 Å². The molecule has 5 nitrogen and oxygen atoms in total. The fourth-order valence-corrected chi connectivity index (χ4v) is 5.89. The Bertz CT molecular complexity index is 2240. The number of benzene rings is 8. The van der Waals surface area contributed by atoms with Gasteiger partial charge in [0.05, 0.1) is 0 Å². The molecule has 5 heteroatoms. The van der Waals surface area contributed by atoms with Crippen LogP contribution in [0.3, 0.4) is 0 Å². The van der Waals surface area contributed by atoms with Gasteiger partial charge in [-0.3, -0.25) is 0 Å². The van der Waals surface area contributed by atoms with Crippen LogP contribution in [-0.4, -0.2) is 0 Å². The van der Waals surface area contributed by atoms with Crippen LogP contribution in [0, 0.1) is 0 Å². The molecule has 0 saturated heterocycles. The summed E-state index contributed by atoms with van der Waals surface area (Å²) in [6, 6.07) is 66.5. The third-order valence-electron chi connectivity index (χ3n) is 8.35. The van der Waals surface area contributed by atoms with Crippen LogP contribution in [0.5, 0.6) is 57.5 Å². The van der Waals surface area contributed by atoms with E-state index in [1.165, 1.54) is 0 Å². The molecule has 0 N–H and O–H groups in total. The van der Waals surface area contributed by atoms with E-state index >= 15 is 0 Å². The maximum absolute atomic E-state index is 6.85. The number of ether oxygens (including phenoxy) is 5. The number of para-hydroxylation sites is 6. The lowest BCUT2D eigenvalue weighted by Gasteiger charge is -2.20. The molecule has 0 spiro atoms. The van der Waals surface area contributed by atoms with Gasteiger partial charge in [0.2, 0.25) is 0 Å². The monoisotopic (exact) mass is 690 g/mol. The topological polar surface area (TPSA) is 46.2 Å². The summed E-state index contributed by atoms with van der Waals surface area (Å²) in [5.74, 6) is 6.38. The summed E-state index contributed by atoms with van der Waals surface area (Å²) in [7, 11) is 0. The Labute approximate surface area is 308 Å². The van der Waals surface area contributed by atoms with Crippen molar-refractivity contribution in [3.63, 3.8) is 0 Å². The van der Waals surface area contributed by atoms with Crippen molar-refractivity contribution in [2.45, 2.75) is 0 Å². The summed E-state index contributed by atoms with van der Waals surface area (Å²) in [5.41, 5.74) is 3.47. The van der Waals surface area contributed by atoms with E-state index in [2.05, 4.69) is 0 Å². The molecule has 8 aromatic rings.